The molecule has 0 radical (unpaired) electrons. The van der Waals surface area contributed by atoms with Gasteiger partial charge in [0.15, 0.2) is 5.79 Å². The molecule has 0 saturated carbocycles. The van der Waals surface area contributed by atoms with Gasteiger partial charge in [0, 0.05) is 5.92 Å². The first-order valence-electron chi connectivity index (χ1n) is 6.96. The van der Waals surface area contributed by atoms with Crippen LogP contribution < -0.4 is 10.6 Å². The first kappa shape index (κ1) is 13.3. The van der Waals surface area contributed by atoms with E-state index in [4.69, 9.17) is 4.74 Å². The summed E-state index contributed by atoms with van der Waals surface area (Å²) >= 11 is 0. The average Bonchev–Trinajstić information content (AvgIpc) is 2.39. The van der Waals surface area contributed by atoms with E-state index in [1.807, 2.05) is 6.92 Å². The van der Waals surface area contributed by atoms with Crippen LogP contribution >= 0.6 is 0 Å². The van der Waals surface area contributed by atoms with Crippen LogP contribution in [0.4, 0.5) is 0 Å². The van der Waals surface area contributed by atoms with Gasteiger partial charge in [-0.25, -0.2) is 0 Å². The van der Waals surface area contributed by atoms with E-state index < -0.39 is 5.79 Å². The third-order valence-corrected chi connectivity index (χ3v) is 4.17. The van der Waals surface area contributed by atoms with Crippen molar-refractivity contribution < 1.29 is 9.84 Å². The Morgan fingerprint density at radius 2 is 1.59 bits per heavy atom. The third kappa shape index (κ3) is 3.91. The molecule has 3 N–H and O–H groups in total. The quantitative estimate of drug-likeness (QED) is 0.636. The SMILES string of the molecule is CC(O)(OCC1CCNCC1)C1CCNCC1. The lowest BCUT2D eigenvalue weighted by molar-refractivity contribution is -0.235. The minimum absolute atomic E-state index is 0.283. The zero-order valence-electron chi connectivity index (χ0n) is 10.9. The Hall–Kier alpha value is -0.160. The second kappa shape index (κ2) is 6.14. The molecule has 17 heavy (non-hydrogen) atoms. The Labute approximate surface area is 104 Å². The second-order valence-corrected chi connectivity index (χ2v) is 5.58. The Balaban J connectivity index is 1.75. The largest absolute Gasteiger partial charge is 0.365 e. The summed E-state index contributed by atoms with van der Waals surface area (Å²) in [6, 6.07) is 0. The highest BCUT2D eigenvalue weighted by Gasteiger charge is 2.34. The molecule has 2 rings (SSSR count). The Morgan fingerprint density at radius 3 is 2.18 bits per heavy atom. The monoisotopic (exact) mass is 242 g/mol. The topological polar surface area (TPSA) is 53.5 Å². The maximum Gasteiger partial charge on any atom is 0.165 e. The maximum absolute atomic E-state index is 10.4. The fraction of sp³-hybridized carbons (Fsp3) is 1.00. The van der Waals surface area contributed by atoms with Crippen LogP contribution in [0.15, 0.2) is 0 Å². The molecule has 0 spiro atoms. The van der Waals surface area contributed by atoms with Gasteiger partial charge in [0.1, 0.15) is 0 Å². The van der Waals surface area contributed by atoms with E-state index in [0.29, 0.717) is 12.5 Å². The van der Waals surface area contributed by atoms with Crippen LogP contribution in [0.3, 0.4) is 0 Å². The van der Waals surface area contributed by atoms with E-state index in [1.165, 1.54) is 12.8 Å². The molecular formula is C13H26N2O2. The van der Waals surface area contributed by atoms with Crippen molar-refractivity contribution in [2.24, 2.45) is 11.8 Å². The standard InChI is InChI=1S/C13H26N2O2/c1-13(16,12-4-8-15-9-5-12)17-10-11-2-6-14-7-3-11/h11-12,14-16H,2-10H2,1H3. The molecule has 0 aromatic rings. The van der Waals surface area contributed by atoms with Crippen molar-refractivity contribution in [3.63, 3.8) is 0 Å². The third-order valence-electron chi connectivity index (χ3n) is 4.17. The predicted octanol–water partition coefficient (Wildman–Crippen LogP) is 0.711. The van der Waals surface area contributed by atoms with Crippen molar-refractivity contribution in [1.82, 2.24) is 10.6 Å². The molecule has 2 saturated heterocycles. The van der Waals surface area contributed by atoms with Gasteiger partial charge in [-0.15, -0.1) is 0 Å². The van der Waals surface area contributed by atoms with Gasteiger partial charge >= 0.3 is 0 Å². The van der Waals surface area contributed by atoms with Gasteiger partial charge in [0.25, 0.3) is 0 Å². The molecule has 2 fully saturated rings. The zero-order chi connectivity index (χ0) is 12.1. The van der Waals surface area contributed by atoms with Crippen LogP contribution in [0.2, 0.25) is 0 Å². The van der Waals surface area contributed by atoms with E-state index in [2.05, 4.69) is 10.6 Å². The van der Waals surface area contributed by atoms with E-state index in [9.17, 15) is 5.11 Å². The summed E-state index contributed by atoms with van der Waals surface area (Å²) in [5.74, 6) is -0.0395. The van der Waals surface area contributed by atoms with Crippen molar-refractivity contribution in [2.45, 2.75) is 38.4 Å². The van der Waals surface area contributed by atoms with Crippen molar-refractivity contribution in [1.29, 1.82) is 0 Å². The number of aliphatic hydroxyl groups is 1. The predicted molar refractivity (Wildman–Crippen MR) is 67.8 cm³/mol. The Kier molecular flexibility index (Phi) is 4.79. The number of piperidine rings is 2. The zero-order valence-corrected chi connectivity index (χ0v) is 10.9. The molecule has 2 aliphatic heterocycles. The van der Waals surface area contributed by atoms with Crippen LogP contribution in [0.1, 0.15) is 32.6 Å². The highest BCUT2D eigenvalue weighted by atomic mass is 16.6. The fourth-order valence-electron chi connectivity index (χ4n) is 2.81. The molecule has 4 heteroatoms. The molecule has 2 heterocycles. The molecule has 2 aliphatic rings. The summed E-state index contributed by atoms with van der Waals surface area (Å²) in [6.45, 7) is 6.71. The van der Waals surface area contributed by atoms with Gasteiger partial charge in [-0.1, -0.05) is 0 Å². The highest BCUT2D eigenvalue weighted by molar-refractivity contribution is 4.79. The lowest BCUT2D eigenvalue weighted by atomic mass is 9.90. The molecule has 0 aromatic heterocycles. The normalized spacial score (nSPS) is 27.9. The van der Waals surface area contributed by atoms with Crippen molar-refractivity contribution >= 4 is 0 Å². The molecule has 0 amide bonds. The van der Waals surface area contributed by atoms with Crippen molar-refractivity contribution in [3.05, 3.63) is 0 Å². The number of ether oxygens (including phenoxy) is 1. The van der Waals surface area contributed by atoms with Gasteiger partial charge in [0.05, 0.1) is 6.61 Å². The Bertz CT molecular complexity index is 221. The molecule has 1 atom stereocenters. The molecule has 1 unspecified atom stereocenters. The summed E-state index contributed by atoms with van der Waals surface area (Å²) in [5.41, 5.74) is 0. The number of rotatable bonds is 4. The van der Waals surface area contributed by atoms with Gasteiger partial charge in [0.2, 0.25) is 0 Å². The number of hydrogen-bond acceptors (Lipinski definition) is 4. The van der Waals surface area contributed by atoms with E-state index in [0.717, 1.165) is 39.0 Å². The summed E-state index contributed by atoms with van der Waals surface area (Å²) in [7, 11) is 0. The molecule has 4 nitrogen and oxygen atoms in total. The molecule has 100 valence electrons. The summed E-state index contributed by atoms with van der Waals surface area (Å²) in [5, 5.41) is 17.1. The van der Waals surface area contributed by atoms with Gasteiger partial charge in [-0.2, -0.15) is 0 Å². The molecule has 0 aliphatic carbocycles. The van der Waals surface area contributed by atoms with E-state index >= 15 is 0 Å². The van der Waals surface area contributed by atoms with E-state index in [1.54, 1.807) is 0 Å². The van der Waals surface area contributed by atoms with Gasteiger partial charge < -0.3 is 20.5 Å². The van der Waals surface area contributed by atoms with Gasteiger partial charge in [-0.3, -0.25) is 0 Å². The van der Waals surface area contributed by atoms with Crippen LogP contribution in [0, 0.1) is 11.8 Å². The van der Waals surface area contributed by atoms with Crippen molar-refractivity contribution in [2.75, 3.05) is 32.8 Å². The summed E-state index contributed by atoms with van der Waals surface area (Å²) in [4.78, 5) is 0. The fourth-order valence-corrected chi connectivity index (χ4v) is 2.81. The van der Waals surface area contributed by atoms with Crippen molar-refractivity contribution in [3.8, 4) is 0 Å². The minimum Gasteiger partial charge on any atom is -0.365 e. The molecule has 0 bridgehead atoms. The molecule has 0 aromatic carbocycles. The highest BCUT2D eigenvalue weighted by Crippen LogP contribution is 2.28. The summed E-state index contributed by atoms with van der Waals surface area (Å²) in [6.07, 6.45) is 4.36. The first-order valence-corrected chi connectivity index (χ1v) is 6.96. The molecular weight excluding hydrogens is 216 g/mol. The van der Waals surface area contributed by atoms with Gasteiger partial charge in [-0.05, 0) is 64.7 Å². The lowest BCUT2D eigenvalue weighted by Crippen LogP contribution is -2.45. The smallest absolute Gasteiger partial charge is 0.165 e. The van der Waals surface area contributed by atoms with Crippen LogP contribution in [-0.2, 0) is 4.74 Å². The Morgan fingerprint density at radius 1 is 1.06 bits per heavy atom. The minimum atomic E-state index is -0.938. The maximum atomic E-state index is 10.4. The van der Waals surface area contributed by atoms with Crippen LogP contribution in [0.25, 0.3) is 0 Å². The lowest BCUT2D eigenvalue weighted by Gasteiger charge is -2.37. The summed E-state index contributed by atoms with van der Waals surface area (Å²) < 4.78 is 5.81. The van der Waals surface area contributed by atoms with E-state index in [-0.39, 0.29) is 5.92 Å². The number of nitrogens with one attached hydrogen (secondary N) is 2. The number of hydrogen-bond donors (Lipinski definition) is 3. The first-order chi connectivity index (χ1) is 8.18. The second-order valence-electron chi connectivity index (χ2n) is 5.58. The van der Waals surface area contributed by atoms with Crippen LogP contribution in [-0.4, -0.2) is 43.7 Å². The average molecular weight is 242 g/mol. The van der Waals surface area contributed by atoms with Crippen LogP contribution in [0.5, 0.6) is 0 Å².